The molecule has 1 atom stereocenters. The van der Waals surface area contributed by atoms with Crippen molar-refractivity contribution in [1.29, 1.82) is 0 Å². The Morgan fingerprint density at radius 3 is 2.69 bits per heavy atom. The number of ether oxygens (including phenoxy) is 1. The van der Waals surface area contributed by atoms with Crippen LogP contribution in [0.1, 0.15) is 17.2 Å². The SMILES string of the molecule is O=C(/C=C/c1cccc2cccnc12)NC(CN1CCOCC1)c1ccccc1. The van der Waals surface area contributed by atoms with E-state index in [4.69, 9.17) is 4.74 Å². The number of amides is 1. The molecule has 1 aromatic heterocycles. The predicted molar refractivity (Wildman–Crippen MR) is 115 cm³/mol. The highest BCUT2D eigenvalue weighted by Crippen LogP contribution is 2.18. The topological polar surface area (TPSA) is 54.5 Å². The molecule has 1 aliphatic heterocycles. The van der Waals surface area contributed by atoms with Crippen molar-refractivity contribution in [3.05, 3.63) is 84.1 Å². The van der Waals surface area contributed by atoms with Crippen LogP contribution in [0, 0.1) is 0 Å². The predicted octanol–water partition coefficient (Wildman–Crippen LogP) is 3.44. The summed E-state index contributed by atoms with van der Waals surface area (Å²) in [7, 11) is 0. The van der Waals surface area contributed by atoms with Crippen molar-refractivity contribution >= 4 is 22.9 Å². The average molecular weight is 387 g/mol. The van der Waals surface area contributed by atoms with Crippen LogP contribution in [0.4, 0.5) is 0 Å². The number of hydrogen-bond donors (Lipinski definition) is 1. The van der Waals surface area contributed by atoms with Crippen LogP contribution in [0.2, 0.25) is 0 Å². The van der Waals surface area contributed by atoms with Gasteiger partial charge < -0.3 is 10.1 Å². The number of pyridine rings is 1. The maximum absolute atomic E-state index is 12.7. The molecule has 1 amide bonds. The zero-order valence-electron chi connectivity index (χ0n) is 16.3. The van der Waals surface area contributed by atoms with E-state index in [1.165, 1.54) is 0 Å². The van der Waals surface area contributed by atoms with Gasteiger partial charge in [0, 0.05) is 42.9 Å². The highest BCUT2D eigenvalue weighted by molar-refractivity contribution is 5.95. The van der Waals surface area contributed by atoms with E-state index < -0.39 is 0 Å². The van der Waals surface area contributed by atoms with Gasteiger partial charge in [0.2, 0.25) is 5.91 Å². The number of rotatable bonds is 6. The van der Waals surface area contributed by atoms with Crippen molar-refractivity contribution in [2.24, 2.45) is 0 Å². The molecule has 1 unspecified atom stereocenters. The number of para-hydroxylation sites is 1. The minimum atomic E-state index is -0.111. The fourth-order valence-corrected chi connectivity index (χ4v) is 3.61. The van der Waals surface area contributed by atoms with Crippen LogP contribution < -0.4 is 5.32 Å². The lowest BCUT2D eigenvalue weighted by Crippen LogP contribution is -2.42. The first-order valence-corrected chi connectivity index (χ1v) is 9.97. The van der Waals surface area contributed by atoms with E-state index in [-0.39, 0.29) is 11.9 Å². The second kappa shape index (κ2) is 9.45. The third-order valence-electron chi connectivity index (χ3n) is 5.14. The van der Waals surface area contributed by atoms with Crippen molar-refractivity contribution in [1.82, 2.24) is 15.2 Å². The molecule has 0 spiro atoms. The first-order valence-electron chi connectivity index (χ1n) is 9.97. The van der Waals surface area contributed by atoms with Gasteiger partial charge in [0.05, 0.1) is 24.8 Å². The first-order chi connectivity index (χ1) is 14.3. The van der Waals surface area contributed by atoms with Crippen LogP contribution in [0.15, 0.2) is 72.9 Å². The lowest BCUT2D eigenvalue weighted by Gasteiger charge is -2.31. The van der Waals surface area contributed by atoms with Gasteiger partial charge in [-0.3, -0.25) is 14.7 Å². The zero-order chi connectivity index (χ0) is 19.9. The van der Waals surface area contributed by atoms with Crippen molar-refractivity contribution in [3.8, 4) is 0 Å². The molecular weight excluding hydrogens is 362 g/mol. The molecule has 5 nitrogen and oxygen atoms in total. The van der Waals surface area contributed by atoms with Crippen molar-refractivity contribution in [2.45, 2.75) is 6.04 Å². The molecule has 0 bridgehead atoms. The minimum Gasteiger partial charge on any atom is -0.379 e. The Morgan fingerprint density at radius 1 is 1.07 bits per heavy atom. The van der Waals surface area contributed by atoms with Gasteiger partial charge in [-0.2, -0.15) is 0 Å². The van der Waals surface area contributed by atoms with E-state index in [1.807, 2.05) is 54.6 Å². The number of carbonyl (C=O) groups excluding carboxylic acids is 1. The molecule has 4 rings (SSSR count). The fraction of sp³-hybridized carbons (Fsp3) is 0.250. The van der Waals surface area contributed by atoms with E-state index in [2.05, 4.69) is 27.3 Å². The summed E-state index contributed by atoms with van der Waals surface area (Å²) in [5.41, 5.74) is 2.93. The summed E-state index contributed by atoms with van der Waals surface area (Å²) >= 11 is 0. The Bertz CT molecular complexity index is 976. The molecule has 3 aromatic rings. The molecule has 0 aliphatic carbocycles. The van der Waals surface area contributed by atoms with Crippen molar-refractivity contribution < 1.29 is 9.53 Å². The molecule has 1 N–H and O–H groups in total. The van der Waals surface area contributed by atoms with Gasteiger partial charge in [0.15, 0.2) is 0 Å². The summed E-state index contributed by atoms with van der Waals surface area (Å²) in [6.45, 7) is 4.02. The highest BCUT2D eigenvalue weighted by Gasteiger charge is 2.19. The average Bonchev–Trinajstić information content (AvgIpc) is 2.78. The molecule has 1 saturated heterocycles. The molecule has 2 heterocycles. The van der Waals surface area contributed by atoms with Gasteiger partial charge in [-0.05, 0) is 17.7 Å². The lowest BCUT2D eigenvalue weighted by atomic mass is 10.1. The summed E-state index contributed by atoms with van der Waals surface area (Å²) in [5.74, 6) is -0.111. The van der Waals surface area contributed by atoms with Gasteiger partial charge in [-0.25, -0.2) is 0 Å². The van der Waals surface area contributed by atoms with Crippen LogP contribution >= 0.6 is 0 Å². The third kappa shape index (κ3) is 5.08. The molecule has 2 aromatic carbocycles. The van der Waals surface area contributed by atoms with Gasteiger partial charge in [0.25, 0.3) is 0 Å². The maximum atomic E-state index is 12.7. The Labute approximate surface area is 171 Å². The molecule has 5 heteroatoms. The van der Waals surface area contributed by atoms with Crippen molar-refractivity contribution in [3.63, 3.8) is 0 Å². The summed E-state index contributed by atoms with van der Waals surface area (Å²) in [4.78, 5) is 19.5. The minimum absolute atomic E-state index is 0.0721. The van der Waals surface area contributed by atoms with E-state index in [0.29, 0.717) is 0 Å². The lowest BCUT2D eigenvalue weighted by molar-refractivity contribution is -0.117. The molecular formula is C24H25N3O2. The summed E-state index contributed by atoms with van der Waals surface area (Å²) in [6, 6.07) is 20.0. The molecule has 148 valence electrons. The Hall–Kier alpha value is -3.02. The number of hydrogen-bond acceptors (Lipinski definition) is 4. The smallest absolute Gasteiger partial charge is 0.244 e. The zero-order valence-corrected chi connectivity index (χ0v) is 16.3. The van der Waals surface area contributed by atoms with E-state index in [9.17, 15) is 4.79 Å². The molecule has 0 saturated carbocycles. The van der Waals surface area contributed by atoms with Crippen LogP contribution in [0.5, 0.6) is 0 Å². The largest absolute Gasteiger partial charge is 0.379 e. The molecule has 1 fully saturated rings. The number of nitrogens with one attached hydrogen (secondary N) is 1. The van der Waals surface area contributed by atoms with E-state index in [0.717, 1.165) is 54.9 Å². The standard InChI is InChI=1S/C24H25N3O2/c28-23(12-11-21-9-4-8-20-10-5-13-25-24(20)21)26-22(19-6-2-1-3-7-19)18-27-14-16-29-17-15-27/h1-13,22H,14-18H2,(H,26,28)/b12-11+. The van der Waals surface area contributed by atoms with E-state index >= 15 is 0 Å². The number of benzene rings is 2. The summed E-state index contributed by atoms with van der Waals surface area (Å²) in [6.07, 6.45) is 5.20. The number of nitrogens with zero attached hydrogens (tertiary/aromatic N) is 2. The molecule has 29 heavy (non-hydrogen) atoms. The second-order valence-corrected chi connectivity index (χ2v) is 7.14. The maximum Gasteiger partial charge on any atom is 0.244 e. The molecule has 1 aliphatic rings. The van der Waals surface area contributed by atoms with Gasteiger partial charge >= 0.3 is 0 Å². The molecule has 0 radical (unpaired) electrons. The fourth-order valence-electron chi connectivity index (χ4n) is 3.61. The number of aromatic nitrogens is 1. The Kier molecular flexibility index (Phi) is 6.29. The Morgan fingerprint density at radius 2 is 1.86 bits per heavy atom. The summed E-state index contributed by atoms with van der Waals surface area (Å²) < 4.78 is 5.44. The van der Waals surface area contributed by atoms with Gasteiger partial charge in [-0.1, -0.05) is 54.6 Å². The van der Waals surface area contributed by atoms with Crippen LogP contribution in [0.25, 0.3) is 17.0 Å². The van der Waals surface area contributed by atoms with Crippen molar-refractivity contribution in [2.75, 3.05) is 32.8 Å². The van der Waals surface area contributed by atoms with Crippen LogP contribution in [-0.2, 0) is 9.53 Å². The first kappa shape index (κ1) is 19.3. The highest BCUT2D eigenvalue weighted by atomic mass is 16.5. The number of morpholine rings is 1. The number of carbonyl (C=O) groups is 1. The van der Waals surface area contributed by atoms with Gasteiger partial charge in [0.1, 0.15) is 0 Å². The second-order valence-electron chi connectivity index (χ2n) is 7.14. The summed E-state index contributed by atoms with van der Waals surface area (Å²) in [5, 5.41) is 4.23. The van der Waals surface area contributed by atoms with Gasteiger partial charge in [-0.15, -0.1) is 0 Å². The monoisotopic (exact) mass is 387 g/mol. The van der Waals surface area contributed by atoms with E-state index in [1.54, 1.807) is 12.3 Å². The number of fused-ring (bicyclic) bond motifs is 1. The quantitative estimate of drug-likeness (QED) is 0.659. The normalized spacial score (nSPS) is 16.1. The Balaban J connectivity index is 1.49. The van der Waals surface area contributed by atoms with Crippen LogP contribution in [-0.4, -0.2) is 48.6 Å². The van der Waals surface area contributed by atoms with Crippen LogP contribution in [0.3, 0.4) is 0 Å². The third-order valence-corrected chi connectivity index (χ3v) is 5.14.